The van der Waals surface area contributed by atoms with E-state index in [1.165, 1.54) is 72.8 Å². The molecule has 0 fully saturated rings. The fourth-order valence-corrected chi connectivity index (χ4v) is 9.21. The van der Waals surface area contributed by atoms with Crippen LogP contribution in [0.5, 0.6) is 0 Å². The monoisotopic (exact) mass is 1100 g/mol. The van der Waals surface area contributed by atoms with Gasteiger partial charge in [-0.05, 0) is 212 Å². The number of carbonyl (C=O) groups is 6. The van der Waals surface area contributed by atoms with Crippen molar-refractivity contribution in [2.45, 2.75) is 0 Å². The molecule has 84 heavy (non-hydrogen) atoms. The van der Waals surface area contributed by atoms with Gasteiger partial charge in [0.1, 0.15) is 0 Å². The Bertz CT molecular complexity index is 3800. The molecule has 0 bridgehead atoms. The molecule has 0 unspecified atom stereocenters. The van der Waals surface area contributed by atoms with Gasteiger partial charge in [-0.2, -0.15) is 0 Å². The first-order valence-electron chi connectivity index (χ1n) is 25.7. The first-order valence-corrected chi connectivity index (χ1v) is 25.7. The van der Waals surface area contributed by atoms with Crippen LogP contribution in [0.25, 0.3) is 66.8 Å². The fourth-order valence-electron chi connectivity index (χ4n) is 9.21. The molecule has 0 amide bonds. The summed E-state index contributed by atoms with van der Waals surface area (Å²) in [4.78, 5) is 70.5. The van der Waals surface area contributed by atoms with E-state index in [1.807, 2.05) is 72.8 Å². The van der Waals surface area contributed by atoms with Crippen LogP contribution in [0.15, 0.2) is 218 Å². The zero-order valence-electron chi connectivity index (χ0n) is 43.9. The number of hydrogen-bond donors (Lipinski definition) is 6. The number of carboxylic acids is 6. The van der Waals surface area contributed by atoms with Crippen LogP contribution >= 0.6 is 0 Å². The molecule has 0 radical (unpaired) electrons. The van der Waals surface area contributed by atoms with Crippen molar-refractivity contribution in [1.82, 2.24) is 0 Å². The first-order chi connectivity index (χ1) is 40.5. The van der Waals surface area contributed by atoms with Crippen molar-refractivity contribution in [2.75, 3.05) is 0 Å². The summed E-state index contributed by atoms with van der Waals surface area (Å²) in [5.74, 6) is 13.4. The second kappa shape index (κ2) is 24.0. The third kappa shape index (κ3) is 13.1. The molecule has 0 aliphatic rings. The lowest BCUT2D eigenvalue weighted by Gasteiger charge is -2.09. The fraction of sp³-hybridized carbons (Fsp3) is 0. The molecule has 0 heterocycles. The topological polar surface area (TPSA) is 224 Å². The van der Waals surface area contributed by atoms with Crippen LogP contribution in [0, 0.1) is 35.5 Å². The van der Waals surface area contributed by atoms with E-state index in [2.05, 4.69) is 35.5 Å². The minimum atomic E-state index is -1.07. The van der Waals surface area contributed by atoms with Crippen molar-refractivity contribution in [3.8, 4) is 102 Å². The standard InChI is InChI=1S/C72H42O12/c73-67(74)55-19-7-49(8-20-55)61-34-46(35-62(40-61)50-9-21-56(22-10-50)68(75)76)4-1-43-31-44(2-5-47-36-63(51-11-23-57(24-12-51)69(77)78)41-64(37-47)52-13-25-58(26-14-52)70(79)80)33-45(32-43)3-6-48-38-65(53-15-27-59(28-16-53)71(81)82)42-66(39-48)54-17-29-60(30-18-54)72(83)84/h7-42H,(H,73,74)(H,75,76)(H,77,78)(H,79,80)(H,81,82)(H,83,84). The van der Waals surface area contributed by atoms with Crippen molar-refractivity contribution in [3.05, 3.63) is 285 Å². The zero-order chi connectivity index (χ0) is 59.0. The zero-order valence-corrected chi connectivity index (χ0v) is 43.9. The molecule has 0 atom stereocenters. The van der Waals surface area contributed by atoms with Crippen molar-refractivity contribution in [1.29, 1.82) is 0 Å². The Morgan fingerprint density at radius 1 is 0.179 bits per heavy atom. The highest BCUT2D eigenvalue weighted by Crippen LogP contribution is 2.33. The highest BCUT2D eigenvalue weighted by Gasteiger charge is 2.14. The van der Waals surface area contributed by atoms with Crippen molar-refractivity contribution < 1.29 is 59.4 Å². The van der Waals surface area contributed by atoms with Crippen molar-refractivity contribution >= 4 is 35.8 Å². The number of benzene rings is 10. The molecule has 10 aromatic carbocycles. The second-order valence-corrected chi connectivity index (χ2v) is 19.2. The summed E-state index contributed by atoms with van der Waals surface area (Å²) in [7, 11) is 0. The van der Waals surface area contributed by atoms with E-state index in [-0.39, 0.29) is 33.4 Å². The summed E-state index contributed by atoms with van der Waals surface area (Å²) in [6.45, 7) is 0. The van der Waals surface area contributed by atoms with Gasteiger partial charge in [0, 0.05) is 33.4 Å². The molecule has 10 rings (SSSR count). The Kier molecular flexibility index (Phi) is 15.7. The lowest BCUT2D eigenvalue weighted by molar-refractivity contribution is 0.0686. The van der Waals surface area contributed by atoms with E-state index >= 15 is 0 Å². The van der Waals surface area contributed by atoms with E-state index in [0.29, 0.717) is 66.8 Å². The molecular weight excluding hydrogens is 1060 g/mol. The Morgan fingerprint density at radius 3 is 0.440 bits per heavy atom. The van der Waals surface area contributed by atoms with Crippen LogP contribution in [0.2, 0.25) is 0 Å². The maximum absolute atomic E-state index is 11.7. The van der Waals surface area contributed by atoms with E-state index < -0.39 is 35.8 Å². The van der Waals surface area contributed by atoms with Gasteiger partial charge in [-0.25, -0.2) is 28.8 Å². The predicted octanol–water partition coefficient (Wildman–Crippen LogP) is 14.1. The normalized spacial score (nSPS) is 10.4. The summed E-state index contributed by atoms with van der Waals surface area (Å²) in [6.07, 6.45) is 0. The van der Waals surface area contributed by atoms with Gasteiger partial charge in [0.15, 0.2) is 0 Å². The van der Waals surface area contributed by atoms with Crippen molar-refractivity contribution in [2.24, 2.45) is 0 Å². The van der Waals surface area contributed by atoms with E-state index in [1.54, 1.807) is 72.8 Å². The van der Waals surface area contributed by atoms with Gasteiger partial charge in [-0.15, -0.1) is 0 Å². The van der Waals surface area contributed by atoms with E-state index in [0.717, 1.165) is 33.4 Å². The smallest absolute Gasteiger partial charge is 0.335 e. The van der Waals surface area contributed by atoms with Gasteiger partial charge >= 0.3 is 35.8 Å². The van der Waals surface area contributed by atoms with Gasteiger partial charge in [-0.3, -0.25) is 0 Å². The molecule has 0 aliphatic carbocycles. The molecular formula is C72H42O12. The molecule has 0 spiro atoms. The molecule has 0 aliphatic heterocycles. The highest BCUT2D eigenvalue weighted by molar-refractivity contribution is 5.92. The number of rotatable bonds is 12. The number of carboxylic acid groups (broad SMARTS) is 6. The largest absolute Gasteiger partial charge is 0.478 e. The van der Waals surface area contributed by atoms with Crippen LogP contribution < -0.4 is 0 Å². The maximum Gasteiger partial charge on any atom is 0.335 e. The second-order valence-electron chi connectivity index (χ2n) is 19.2. The Hall–Kier alpha value is -12.3. The summed E-state index contributed by atoms with van der Waals surface area (Å²) in [5.41, 5.74) is 12.6. The molecule has 402 valence electrons. The maximum atomic E-state index is 11.7. The summed E-state index contributed by atoms with van der Waals surface area (Å²) >= 11 is 0. The van der Waals surface area contributed by atoms with E-state index in [4.69, 9.17) is 0 Å². The Morgan fingerprint density at radius 2 is 0.310 bits per heavy atom. The lowest BCUT2D eigenvalue weighted by Crippen LogP contribution is -1.96. The van der Waals surface area contributed by atoms with Gasteiger partial charge < -0.3 is 30.6 Å². The SMILES string of the molecule is O=C(O)c1ccc(-c2cc(C#Cc3cc(C#Cc4cc(-c5ccc(C(=O)O)cc5)cc(-c5ccc(C(=O)O)cc5)c4)cc(C#Cc4cc(-c5ccc(C(=O)O)cc5)cc(-c5ccc(C(=O)O)cc5)c4)c3)cc(-c3ccc(C(=O)O)cc3)c2)cc1. The minimum absolute atomic E-state index is 0.112. The van der Waals surface area contributed by atoms with Crippen LogP contribution in [0.1, 0.15) is 95.5 Å². The number of hydrogen-bond acceptors (Lipinski definition) is 6. The van der Waals surface area contributed by atoms with Crippen LogP contribution in [0.4, 0.5) is 0 Å². The molecule has 6 N–H and O–H groups in total. The van der Waals surface area contributed by atoms with Gasteiger partial charge in [0.25, 0.3) is 0 Å². The minimum Gasteiger partial charge on any atom is -0.478 e. The molecule has 0 saturated carbocycles. The lowest BCUT2D eigenvalue weighted by atomic mass is 9.94. The van der Waals surface area contributed by atoms with E-state index in [9.17, 15) is 59.4 Å². The average Bonchev–Trinajstić information content (AvgIpc) is 3.56. The molecule has 12 heteroatoms. The predicted molar refractivity (Wildman–Crippen MR) is 318 cm³/mol. The first kappa shape index (κ1) is 55.0. The molecule has 10 aromatic rings. The summed E-state index contributed by atoms with van der Waals surface area (Å²) < 4.78 is 0. The van der Waals surface area contributed by atoms with Crippen LogP contribution in [-0.4, -0.2) is 66.5 Å². The van der Waals surface area contributed by atoms with Gasteiger partial charge in [0.2, 0.25) is 0 Å². The van der Waals surface area contributed by atoms with Crippen LogP contribution in [0.3, 0.4) is 0 Å². The Balaban J connectivity index is 1.12. The summed E-state index contributed by atoms with van der Waals surface area (Å²) in [6, 6.07) is 60.9. The molecule has 12 nitrogen and oxygen atoms in total. The molecule has 0 saturated heterocycles. The third-order valence-corrected chi connectivity index (χ3v) is 13.6. The average molecular weight is 1100 g/mol. The summed E-state index contributed by atoms with van der Waals surface area (Å²) in [5, 5.41) is 57.7. The number of aromatic carboxylic acids is 6. The quantitative estimate of drug-likeness (QED) is 0.0629. The van der Waals surface area contributed by atoms with Crippen molar-refractivity contribution in [3.63, 3.8) is 0 Å². The highest BCUT2D eigenvalue weighted by atomic mass is 16.4. The Labute approximate surface area is 480 Å². The third-order valence-electron chi connectivity index (χ3n) is 13.6. The molecule has 0 aromatic heterocycles. The van der Waals surface area contributed by atoms with Crippen LogP contribution in [-0.2, 0) is 0 Å². The van der Waals surface area contributed by atoms with Gasteiger partial charge in [-0.1, -0.05) is 108 Å². The van der Waals surface area contributed by atoms with Gasteiger partial charge in [0.05, 0.1) is 33.4 Å².